The van der Waals surface area contributed by atoms with Crippen LogP contribution in [0.4, 0.5) is 4.39 Å². The van der Waals surface area contributed by atoms with Crippen LogP contribution in [0.2, 0.25) is 0 Å². The third-order valence-corrected chi connectivity index (χ3v) is 5.87. The van der Waals surface area contributed by atoms with E-state index >= 15 is 4.39 Å². The maximum absolute atomic E-state index is 15.1. The summed E-state index contributed by atoms with van der Waals surface area (Å²) >= 11 is 0. The van der Waals surface area contributed by atoms with Crippen LogP contribution in [0.25, 0.3) is 38.8 Å². The lowest BCUT2D eigenvalue weighted by molar-refractivity contribution is 0.335. The van der Waals surface area contributed by atoms with Crippen molar-refractivity contribution in [2.24, 2.45) is 14.1 Å². The summed E-state index contributed by atoms with van der Waals surface area (Å²) in [6, 6.07) is 3.72. The van der Waals surface area contributed by atoms with E-state index in [-0.39, 0.29) is 11.4 Å². The minimum atomic E-state index is -0.664. The van der Waals surface area contributed by atoms with Gasteiger partial charge >= 0.3 is 5.69 Å². The summed E-state index contributed by atoms with van der Waals surface area (Å²) in [5, 5.41) is 5.11. The normalized spacial score (nSPS) is 11.5. The Hall–Kier alpha value is -4.21. The second-order valence-electron chi connectivity index (χ2n) is 7.94. The summed E-state index contributed by atoms with van der Waals surface area (Å²) in [5.74, 6) is 0.131. The molecule has 0 N–H and O–H groups in total. The number of ether oxygens (including phenoxy) is 2. The van der Waals surface area contributed by atoms with Crippen LogP contribution >= 0.6 is 0 Å². The van der Waals surface area contributed by atoms with E-state index in [9.17, 15) is 4.79 Å². The van der Waals surface area contributed by atoms with Crippen molar-refractivity contribution in [3.8, 4) is 28.3 Å². The largest absolute Gasteiger partial charge is 0.496 e. The first-order valence-electron chi connectivity index (χ1n) is 10.7. The highest BCUT2D eigenvalue weighted by molar-refractivity contribution is 6.06. The Labute approximate surface area is 194 Å². The molecular weight excluding hydrogens is 439 g/mol. The third-order valence-electron chi connectivity index (χ3n) is 5.87. The van der Waals surface area contributed by atoms with Crippen molar-refractivity contribution >= 4 is 21.9 Å². The Bertz CT molecular complexity index is 1630. The average molecular weight is 462 g/mol. The molecule has 9 nitrogen and oxygen atoms in total. The van der Waals surface area contributed by atoms with Gasteiger partial charge in [0.05, 0.1) is 54.6 Å². The molecule has 0 spiro atoms. The van der Waals surface area contributed by atoms with Gasteiger partial charge in [-0.25, -0.2) is 9.18 Å². The summed E-state index contributed by atoms with van der Waals surface area (Å²) in [4.78, 5) is 21.8. The molecule has 5 rings (SSSR count). The van der Waals surface area contributed by atoms with Gasteiger partial charge in [0.15, 0.2) is 11.6 Å². The van der Waals surface area contributed by atoms with E-state index in [4.69, 9.17) is 9.47 Å². The number of pyridine rings is 2. The van der Waals surface area contributed by atoms with Crippen LogP contribution in [0, 0.1) is 12.7 Å². The predicted molar refractivity (Wildman–Crippen MR) is 126 cm³/mol. The van der Waals surface area contributed by atoms with E-state index < -0.39 is 11.5 Å². The molecule has 4 aromatic heterocycles. The van der Waals surface area contributed by atoms with Crippen LogP contribution < -0.4 is 15.2 Å². The molecule has 34 heavy (non-hydrogen) atoms. The molecule has 0 saturated carbocycles. The van der Waals surface area contributed by atoms with Gasteiger partial charge in [0.2, 0.25) is 0 Å². The van der Waals surface area contributed by atoms with Crippen LogP contribution in [0.5, 0.6) is 11.5 Å². The van der Waals surface area contributed by atoms with Gasteiger partial charge in [-0.15, -0.1) is 0 Å². The smallest absolute Gasteiger partial charge is 0.333 e. The number of methoxy groups -OCH3 is 1. The minimum absolute atomic E-state index is 0.00914. The molecular formula is C24H23FN6O3. The number of nitrogens with zero attached hydrogens (tertiary/aromatic N) is 6. The molecule has 0 aliphatic heterocycles. The lowest BCUT2D eigenvalue weighted by Crippen LogP contribution is -2.22. The number of fused-ring (bicyclic) bond motifs is 3. The molecule has 0 amide bonds. The van der Waals surface area contributed by atoms with E-state index in [0.29, 0.717) is 34.3 Å². The molecule has 1 aromatic carbocycles. The SMILES string of the molecule is CCOc1cncc(F)c1-n1c(=O)n(C)c2cnc3cc(OC)c(-c4cn(C)nc4C)cc3c21. The fraction of sp³-hybridized carbons (Fsp3) is 0.250. The molecule has 0 saturated heterocycles. The summed E-state index contributed by atoms with van der Waals surface area (Å²) in [7, 11) is 5.07. The zero-order valence-corrected chi connectivity index (χ0v) is 19.5. The monoisotopic (exact) mass is 462 g/mol. The Morgan fingerprint density at radius 3 is 2.56 bits per heavy atom. The molecule has 10 heteroatoms. The maximum atomic E-state index is 15.1. The minimum Gasteiger partial charge on any atom is -0.496 e. The summed E-state index contributed by atoms with van der Waals surface area (Å²) in [6.07, 6.45) is 5.98. The molecule has 4 heterocycles. The van der Waals surface area contributed by atoms with Gasteiger partial charge < -0.3 is 9.47 Å². The van der Waals surface area contributed by atoms with Crippen molar-refractivity contribution in [3.05, 3.63) is 58.9 Å². The number of hydrogen-bond donors (Lipinski definition) is 0. The number of aromatic nitrogens is 6. The number of aryl methyl sites for hydroxylation is 3. The van der Waals surface area contributed by atoms with E-state index in [2.05, 4.69) is 15.1 Å². The molecule has 0 bridgehead atoms. The standard InChI is InChI=1S/C24H23FN6O3/c1-6-34-21-11-26-9-17(25)23(21)31-22-15-7-14(16-12-29(3)28-13(16)2)20(33-5)8-18(15)27-10-19(22)30(4)24(31)32/h7-12H,6H2,1-5H3. The molecule has 0 unspecified atom stereocenters. The van der Waals surface area contributed by atoms with Gasteiger partial charge in [0, 0.05) is 42.9 Å². The third kappa shape index (κ3) is 3.13. The van der Waals surface area contributed by atoms with Crippen LogP contribution in [-0.2, 0) is 14.1 Å². The summed E-state index contributed by atoms with van der Waals surface area (Å²) in [6.45, 7) is 3.99. The predicted octanol–water partition coefficient (Wildman–Crippen LogP) is 3.53. The van der Waals surface area contributed by atoms with Crippen molar-refractivity contribution in [3.63, 3.8) is 0 Å². The average Bonchev–Trinajstić information content (AvgIpc) is 3.28. The number of imidazole rings is 1. The Balaban J connectivity index is 1.95. The first-order chi connectivity index (χ1) is 16.3. The highest BCUT2D eigenvalue weighted by Crippen LogP contribution is 2.38. The maximum Gasteiger partial charge on any atom is 0.333 e. The van der Waals surface area contributed by atoms with Crippen molar-refractivity contribution in [1.82, 2.24) is 28.9 Å². The molecule has 0 fully saturated rings. The lowest BCUT2D eigenvalue weighted by atomic mass is 10.0. The summed E-state index contributed by atoms with van der Waals surface area (Å²) < 4.78 is 30.9. The highest BCUT2D eigenvalue weighted by atomic mass is 19.1. The number of halogens is 1. The fourth-order valence-electron chi connectivity index (χ4n) is 4.36. The van der Waals surface area contributed by atoms with Gasteiger partial charge in [-0.05, 0) is 19.9 Å². The lowest BCUT2D eigenvalue weighted by Gasteiger charge is -2.14. The van der Waals surface area contributed by atoms with Crippen molar-refractivity contribution in [2.75, 3.05) is 13.7 Å². The Morgan fingerprint density at radius 2 is 1.88 bits per heavy atom. The molecule has 0 radical (unpaired) electrons. The highest BCUT2D eigenvalue weighted by Gasteiger charge is 2.23. The van der Waals surface area contributed by atoms with Crippen LogP contribution in [0.3, 0.4) is 0 Å². The zero-order valence-electron chi connectivity index (χ0n) is 19.5. The van der Waals surface area contributed by atoms with E-state index in [1.165, 1.54) is 15.3 Å². The van der Waals surface area contributed by atoms with E-state index in [1.807, 2.05) is 32.3 Å². The molecule has 174 valence electrons. The molecule has 0 atom stereocenters. The Kier molecular flexibility index (Phi) is 5.07. The van der Waals surface area contributed by atoms with Gasteiger partial charge in [-0.2, -0.15) is 5.10 Å². The van der Waals surface area contributed by atoms with Gasteiger partial charge in [-0.3, -0.25) is 23.8 Å². The molecule has 5 aromatic rings. The fourth-order valence-corrected chi connectivity index (χ4v) is 4.36. The number of rotatable bonds is 5. The first kappa shape index (κ1) is 21.6. The van der Waals surface area contributed by atoms with Crippen LogP contribution in [0.1, 0.15) is 12.6 Å². The van der Waals surface area contributed by atoms with Crippen molar-refractivity contribution < 1.29 is 13.9 Å². The van der Waals surface area contributed by atoms with Crippen molar-refractivity contribution in [2.45, 2.75) is 13.8 Å². The van der Waals surface area contributed by atoms with E-state index in [0.717, 1.165) is 23.0 Å². The zero-order chi connectivity index (χ0) is 24.1. The van der Waals surface area contributed by atoms with Crippen LogP contribution in [-0.4, -0.2) is 42.6 Å². The second kappa shape index (κ2) is 7.98. The van der Waals surface area contributed by atoms with Gasteiger partial charge in [0.1, 0.15) is 11.4 Å². The van der Waals surface area contributed by atoms with Crippen LogP contribution in [0.15, 0.2) is 41.7 Å². The second-order valence-corrected chi connectivity index (χ2v) is 7.94. The molecule has 0 aliphatic carbocycles. The van der Waals surface area contributed by atoms with Crippen molar-refractivity contribution in [1.29, 1.82) is 0 Å². The van der Waals surface area contributed by atoms with E-state index in [1.54, 1.807) is 32.0 Å². The van der Waals surface area contributed by atoms with Gasteiger partial charge in [0.25, 0.3) is 0 Å². The first-order valence-corrected chi connectivity index (χ1v) is 10.7. The Morgan fingerprint density at radius 1 is 1.09 bits per heavy atom. The summed E-state index contributed by atoms with van der Waals surface area (Å²) in [5.41, 5.74) is 3.74. The molecule has 0 aliphatic rings. The number of benzene rings is 1. The number of hydrogen-bond acceptors (Lipinski definition) is 6. The topological polar surface area (TPSA) is 89.0 Å². The van der Waals surface area contributed by atoms with Gasteiger partial charge in [-0.1, -0.05) is 0 Å². The quantitative estimate of drug-likeness (QED) is 0.397.